The minimum absolute atomic E-state index is 1.22. The van der Waals surface area contributed by atoms with E-state index in [2.05, 4.69) is 243 Å². The van der Waals surface area contributed by atoms with Gasteiger partial charge in [0.25, 0.3) is 0 Å². The Hall–Kier alpha value is -8.58. The molecule has 0 nitrogen and oxygen atoms in total. The third-order valence-electron chi connectivity index (χ3n) is 14.4. The Morgan fingerprint density at radius 2 is 0.485 bits per heavy atom. The van der Waals surface area contributed by atoms with Crippen LogP contribution in [0.4, 0.5) is 0 Å². The van der Waals surface area contributed by atoms with Crippen LogP contribution in [0.3, 0.4) is 0 Å². The van der Waals surface area contributed by atoms with Crippen molar-refractivity contribution in [2.75, 3.05) is 0 Å². The van der Waals surface area contributed by atoms with E-state index in [0.717, 1.165) is 0 Å². The minimum atomic E-state index is 1.22. The van der Waals surface area contributed by atoms with Gasteiger partial charge in [-0.2, -0.15) is 0 Å². The first-order chi connectivity index (χ1) is 32.7. The van der Waals surface area contributed by atoms with Crippen molar-refractivity contribution in [3.05, 3.63) is 243 Å². The largest absolute Gasteiger partial charge is 0.0616 e. The second kappa shape index (κ2) is 14.5. The van der Waals surface area contributed by atoms with Crippen LogP contribution < -0.4 is 0 Å². The van der Waals surface area contributed by atoms with E-state index in [1.54, 1.807) is 0 Å². The molecule has 304 valence electrons. The number of benzene rings is 14. The first-order valence-electron chi connectivity index (χ1n) is 23.0. The van der Waals surface area contributed by atoms with Crippen molar-refractivity contribution >= 4 is 97.0 Å². The van der Waals surface area contributed by atoms with Gasteiger partial charge in [-0.25, -0.2) is 0 Å². The zero-order valence-electron chi connectivity index (χ0n) is 36.1. The monoisotopic (exact) mass is 832 g/mol. The number of rotatable bonds is 4. The van der Waals surface area contributed by atoms with Crippen molar-refractivity contribution in [1.82, 2.24) is 0 Å². The van der Waals surface area contributed by atoms with Crippen molar-refractivity contribution in [2.24, 2.45) is 0 Å². The highest BCUT2D eigenvalue weighted by Gasteiger charge is 2.20. The molecular weight excluding hydrogens is 793 g/mol. The molecule has 0 amide bonds. The second-order valence-electron chi connectivity index (χ2n) is 17.9. The molecule has 0 N–H and O–H groups in total. The Labute approximate surface area is 382 Å². The van der Waals surface area contributed by atoms with E-state index < -0.39 is 0 Å². The van der Waals surface area contributed by atoms with Crippen molar-refractivity contribution in [2.45, 2.75) is 0 Å². The number of fused-ring (bicyclic) bond motifs is 15. The topological polar surface area (TPSA) is 0 Å². The Morgan fingerprint density at radius 1 is 0.167 bits per heavy atom. The van der Waals surface area contributed by atoms with Crippen molar-refractivity contribution in [1.29, 1.82) is 0 Å². The van der Waals surface area contributed by atoms with Gasteiger partial charge in [-0.1, -0.05) is 218 Å². The zero-order valence-corrected chi connectivity index (χ0v) is 36.1. The molecule has 0 aliphatic heterocycles. The van der Waals surface area contributed by atoms with Gasteiger partial charge in [-0.05, 0) is 166 Å². The summed E-state index contributed by atoms with van der Waals surface area (Å²) >= 11 is 0. The van der Waals surface area contributed by atoms with Crippen molar-refractivity contribution < 1.29 is 0 Å². The summed E-state index contributed by atoms with van der Waals surface area (Å²) in [4.78, 5) is 0. The van der Waals surface area contributed by atoms with Crippen LogP contribution in [0.25, 0.3) is 141 Å². The summed E-state index contributed by atoms with van der Waals surface area (Å²) in [6.07, 6.45) is 0. The lowest BCUT2D eigenvalue weighted by atomic mass is 9.84. The molecule has 14 aromatic rings. The summed E-state index contributed by atoms with van der Waals surface area (Å²) in [7, 11) is 0. The summed E-state index contributed by atoms with van der Waals surface area (Å²) in [6.45, 7) is 0. The van der Waals surface area contributed by atoms with E-state index in [4.69, 9.17) is 0 Å². The maximum atomic E-state index is 2.46. The summed E-state index contributed by atoms with van der Waals surface area (Å²) < 4.78 is 0. The maximum absolute atomic E-state index is 2.46. The average molecular weight is 833 g/mol. The summed E-state index contributed by atoms with van der Waals surface area (Å²) in [5.74, 6) is 0. The van der Waals surface area contributed by atoms with Crippen LogP contribution in [-0.4, -0.2) is 0 Å². The molecular formula is C66H40. The highest BCUT2D eigenvalue weighted by molar-refractivity contribution is 6.40. The van der Waals surface area contributed by atoms with Gasteiger partial charge in [-0.15, -0.1) is 0 Å². The Kier molecular flexibility index (Phi) is 8.08. The van der Waals surface area contributed by atoms with E-state index in [-0.39, 0.29) is 0 Å². The SMILES string of the molecule is c1ccc2cc(-c3c(-c4ccc5c(c4)c4ccccc4c4c6ccc(-c7ccc8ccccc8c7-c7ccc8ccccc8c7)cc6c6ccccc6c54)ccc4ccccc34)ccc2c1. The van der Waals surface area contributed by atoms with Crippen molar-refractivity contribution in [3.63, 3.8) is 0 Å². The van der Waals surface area contributed by atoms with E-state index in [1.165, 1.54) is 141 Å². The second-order valence-corrected chi connectivity index (χ2v) is 17.9. The molecule has 0 heteroatoms. The number of hydrogen-bond donors (Lipinski definition) is 0. The smallest absolute Gasteiger partial charge is 0.00139 e. The number of hydrogen-bond acceptors (Lipinski definition) is 0. The average Bonchev–Trinajstić information content (AvgIpc) is 3.39. The minimum Gasteiger partial charge on any atom is -0.0616 e. The van der Waals surface area contributed by atoms with E-state index >= 15 is 0 Å². The van der Waals surface area contributed by atoms with Gasteiger partial charge in [0, 0.05) is 0 Å². The summed E-state index contributed by atoms with van der Waals surface area (Å²) in [5, 5.41) is 22.8. The van der Waals surface area contributed by atoms with E-state index in [1.807, 2.05) is 0 Å². The summed E-state index contributed by atoms with van der Waals surface area (Å²) in [6, 6.07) is 90.6. The Morgan fingerprint density at radius 3 is 0.924 bits per heavy atom. The van der Waals surface area contributed by atoms with Gasteiger partial charge in [0.05, 0.1) is 0 Å². The fraction of sp³-hybridized carbons (Fsp3) is 0. The van der Waals surface area contributed by atoms with Crippen LogP contribution in [0.2, 0.25) is 0 Å². The maximum Gasteiger partial charge on any atom is -0.00139 e. The van der Waals surface area contributed by atoms with Crippen LogP contribution in [0.1, 0.15) is 0 Å². The molecule has 0 heterocycles. The molecule has 0 aliphatic rings. The third-order valence-corrected chi connectivity index (χ3v) is 14.4. The molecule has 0 spiro atoms. The lowest BCUT2D eigenvalue weighted by Gasteiger charge is -2.19. The fourth-order valence-corrected chi connectivity index (χ4v) is 11.3. The predicted octanol–water partition coefficient (Wildman–Crippen LogP) is 18.7. The third kappa shape index (κ3) is 5.59. The van der Waals surface area contributed by atoms with Gasteiger partial charge in [0.2, 0.25) is 0 Å². The summed E-state index contributed by atoms with van der Waals surface area (Å²) in [5.41, 5.74) is 9.91. The van der Waals surface area contributed by atoms with Gasteiger partial charge in [0.1, 0.15) is 0 Å². The van der Waals surface area contributed by atoms with Crippen LogP contribution in [0.15, 0.2) is 243 Å². The van der Waals surface area contributed by atoms with Gasteiger partial charge in [-0.3, -0.25) is 0 Å². The van der Waals surface area contributed by atoms with Gasteiger partial charge >= 0.3 is 0 Å². The van der Waals surface area contributed by atoms with E-state index in [0.29, 0.717) is 0 Å². The molecule has 0 atom stereocenters. The zero-order chi connectivity index (χ0) is 43.3. The predicted molar refractivity (Wildman–Crippen MR) is 286 cm³/mol. The first kappa shape index (κ1) is 36.9. The molecule has 0 saturated carbocycles. The van der Waals surface area contributed by atoms with Crippen LogP contribution >= 0.6 is 0 Å². The highest BCUT2D eigenvalue weighted by atomic mass is 14.2. The van der Waals surface area contributed by atoms with Gasteiger partial charge in [0.15, 0.2) is 0 Å². The molecule has 0 radical (unpaired) electrons. The molecule has 0 aliphatic carbocycles. The first-order valence-corrected chi connectivity index (χ1v) is 23.0. The lowest BCUT2D eigenvalue weighted by Crippen LogP contribution is -1.92. The molecule has 14 rings (SSSR count). The standard InChI is InChI=1S/C66H40/c1-3-17-45-37-49(27-25-41(45)13-1)63-51-19-7-5-15-43(51)29-33-53(63)47-31-35-59-61(39-47)55-21-9-11-23-57(55)66-60-36-32-48(40-62(60)56-22-10-12-24-58(56)65(59)66)54-34-30-44-16-6-8-20-52(44)64(54)50-28-26-42-14-2-4-18-46(42)38-50/h1-40H. The van der Waals surface area contributed by atoms with Gasteiger partial charge < -0.3 is 0 Å². The lowest BCUT2D eigenvalue weighted by molar-refractivity contribution is 1.64. The molecule has 66 heavy (non-hydrogen) atoms. The van der Waals surface area contributed by atoms with Crippen LogP contribution in [0, 0.1) is 0 Å². The van der Waals surface area contributed by atoms with E-state index in [9.17, 15) is 0 Å². The van der Waals surface area contributed by atoms with Crippen LogP contribution in [-0.2, 0) is 0 Å². The molecule has 0 unspecified atom stereocenters. The Bertz CT molecular complexity index is 4060. The molecule has 14 aromatic carbocycles. The quantitative estimate of drug-likeness (QED) is 0.155. The molecule has 0 fully saturated rings. The fourth-order valence-electron chi connectivity index (χ4n) is 11.3. The van der Waals surface area contributed by atoms with Crippen LogP contribution in [0.5, 0.6) is 0 Å². The highest BCUT2D eigenvalue weighted by Crippen LogP contribution is 2.48. The molecule has 0 aromatic heterocycles. The molecule has 0 saturated heterocycles. The van der Waals surface area contributed by atoms with Crippen molar-refractivity contribution in [3.8, 4) is 44.5 Å². The Balaban J connectivity index is 1.02. The normalized spacial score (nSPS) is 11.9. The molecule has 0 bridgehead atoms.